The van der Waals surface area contributed by atoms with Crippen LogP contribution in [0.5, 0.6) is 0 Å². The van der Waals surface area contributed by atoms with E-state index in [2.05, 4.69) is 0 Å². The highest BCUT2D eigenvalue weighted by Crippen LogP contribution is 2.46. The van der Waals surface area contributed by atoms with Crippen LogP contribution in [0.4, 0.5) is 5.69 Å². The minimum absolute atomic E-state index is 0.0263. The van der Waals surface area contributed by atoms with Crippen molar-refractivity contribution >= 4 is 17.5 Å². The number of para-hydroxylation sites is 1. The Bertz CT molecular complexity index is 475. The topological polar surface area (TPSA) is 37.4 Å². The van der Waals surface area contributed by atoms with Gasteiger partial charge in [-0.05, 0) is 25.0 Å². The van der Waals surface area contributed by atoms with E-state index in [9.17, 15) is 9.59 Å². The van der Waals surface area contributed by atoms with Gasteiger partial charge in [-0.3, -0.25) is 14.5 Å². The summed E-state index contributed by atoms with van der Waals surface area (Å²) in [5.74, 6) is -0.00787. The van der Waals surface area contributed by atoms with Crippen LogP contribution in [0.15, 0.2) is 30.3 Å². The summed E-state index contributed by atoms with van der Waals surface area (Å²) in [7, 11) is 0. The van der Waals surface area contributed by atoms with Gasteiger partial charge in [0.05, 0.1) is 11.1 Å². The molecule has 3 rings (SSSR count). The first kappa shape index (κ1) is 11.5. The highest BCUT2D eigenvalue weighted by atomic mass is 16.2. The van der Waals surface area contributed by atoms with Gasteiger partial charge in [0.1, 0.15) is 0 Å². The number of rotatable bonds is 1. The Morgan fingerprint density at radius 2 is 1.61 bits per heavy atom. The number of benzene rings is 1. The second kappa shape index (κ2) is 4.23. The van der Waals surface area contributed by atoms with Gasteiger partial charge in [-0.25, -0.2) is 0 Å². The molecule has 0 bridgehead atoms. The number of hydrogen-bond acceptors (Lipinski definition) is 2. The Kier molecular flexibility index (Phi) is 2.69. The molecule has 2 aliphatic rings. The van der Waals surface area contributed by atoms with Crippen molar-refractivity contribution < 1.29 is 9.59 Å². The number of hydrogen-bond donors (Lipinski definition) is 0. The molecule has 1 aromatic carbocycles. The van der Waals surface area contributed by atoms with Gasteiger partial charge in [-0.2, -0.15) is 0 Å². The van der Waals surface area contributed by atoms with Crippen LogP contribution in [0.3, 0.4) is 0 Å². The van der Waals surface area contributed by atoms with Gasteiger partial charge < -0.3 is 0 Å². The average molecular weight is 243 g/mol. The van der Waals surface area contributed by atoms with Gasteiger partial charge in [0.15, 0.2) is 0 Å². The number of anilines is 1. The minimum atomic E-state index is -0.384. The summed E-state index contributed by atoms with van der Waals surface area (Å²) in [4.78, 5) is 26.2. The molecule has 1 heterocycles. The van der Waals surface area contributed by atoms with Gasteiger partial charge in [0.25, 0.3) is 0 Å². The molecule has 1 aliphatic heterocycles. The number of imide groups is 1. The average Bonchev–Trinajstić information content (AvgIpc) is 2.63. The van der Waals surface area contributed by atoms with E-state index >= 15 is 0 Å². The maximum absolute atomic E-state index is 12.6. The first-order valence-electron chi connectivity index (χ1n) is 6.65. The van der Waals surface area contributed by atoms with Crippen molar-refractivity contribution in [3.63, 3.8) is 0 Å². The minimum Gasteiger partial charge on any atom is -0.274 e. The van der Waals surface area contributed by atoms with E-state index in [1.54, 1.807) is 0 Å². The fourth-order valence-corrected chi connectivity index (χ4v) is 3.25. The smallest absolute Gasteiger partial charge is 0.240 e. The molecule has 3 nitrogen and oxygen atoms in total. The fraction of sp³-hybridized carbons (Fsp3) is 0.467. The van der Waals surface area contributed by atoms with Crippen molar-refractivity contribution in [1.82, 2.24) is 0 Å². The van der Waals surface area contributed by atoms with Crippen LogP contribution in [0.2, 0.25) is 0 Å². The van der Waals surface area contributed by atoms with Crippen LogP contribution in [-0.2, 0) is 9.59 Å². The largest absolute Gasteiger partial charge is 0.274 e. The summed E-state index contributed by atoms with van der Waals surface area (Å²) in [6, 6.07) is 9.28. The predicted octanol–water partition coefficient (Wildman–Crippen LogP) is 2.90. The van der Waals surface area contributed by atoms with Gasteiger partial charge in [0, 0.05) is 6.42 Å². The molecule has 0 unspecified atom stereocenters. The van der Waals surface area contributed by atoms with Gasteiger partial charge in [-0.15, -0.1) is 0 Å². The summed E-state index contributed by atoms with van der Waals surface area (Å²) < 4.78 is 0. The number of carbonyl (C=O) groups excluding carboxylic acids is 2. The zero-order chi connectivity index (χ0) is 12.6. The maximum Gasteiger partial charge on any atom is 0.240 e. The predicted molar refractivity (Wildman–Crippen MR) is 69.1 cm³/mol. The molecule has 1 saturated heterocycles. The third kappa shape index (κ3) is 1.65. The lowest BCUT2D eigenvalue weighted by molar-refractivity contribution is -0.127. The molecule has 2 fully saturated rings. The van der Waals surface area contributed by atoms with E-state index in [4.69, 9.17) is 0 Å². The lowest BCUT2D eigenvalue weighted by Gasteiger charge is -2.30. The third-order valence-electron chi connectivity index (χ3n) is 4.22. The van der Waals surface area contributed by atoms with Crippen molar-refractivity contribution in [2.75, 3.05) is 4.90 Å². The molecule has 1 aliphatic carbocycles. The highest BCUT2D eigenvalue weighted by Gasteiger charge is 2.51. The molecule has 18 heavy (non-hydrogen) atoms. The van der Waals surface area contributed by atoms with E-state index in [0.717, 1.165) is 31.4 Å². The Hall–Kier alpha value is -1.64. The van der Waals surface area contributed by atoms with Gasteiger partial charge in [-0.1, -0.05) is 37.5 Å². The summed E-state index contributed by atoms with van der Waals surface area (Å²) in [5.41, 5.74) is 0.334. The summed E-state index contributed by atoms with van der Waals surface area (Å²) in [6.45, 7) is 0. The molecule has 1 aromatic rings. The molecule has 2 amide bonds. The van der Waals surface area contributed by atoms with E-state index in [1.807, 2.05) is 30.3 Å². The third-order valence-corrected chi connectivity index (χ3v) is 4.22. The Morgan fingerprint density at radius 1 is 0.944 bits per heavy atom. The van der Waals surface area contributed by atoms with E-state index in [0.29, 0.717) is 6.42 Å². The lowest BCUT2D eigenvalue weighted by atomic mass is 9.73. The monoisotopic (exact) mass is 243 g/mol. The van der Waals surface area contributed by atoms with Crippen LogP contribution in [-0.4, -0.2) is 11.8 Å². The number of amides is 2. The van der Waals surface area contributed by atoms with Crippen LogP contribution < -0.4 is 4.90 Å². The van der Waals surface area contributed by atoms with Crippen LogP contribution in [0.25, 0.3) is 0 Å². The normalized spacial score (nSPS) is 22.8. The molecule has 1 saturated carbocycles. The van der Waals surface area contributed by atoms with Crippen molar-refractivity contribution in [3.05, 3.63) is 30.3 Å². The molecule has 3 heteroatoms. The van der Waals surface area contributed by atoms with Crippen LogP contribution in [0, 0.1) is 5.41 Å². The highest BCUT2D eigenvalue weighted by molar-refractivity contribution is 6.22. The van der Waals surface area contributed by atoms with Crippen molar-refractivity contribution in [3.8, 4) is 0 Å². The standard InChI is InChI=1S/C15H17NO2/c17-13-11-15(9-5-2-6-10-15)14(18)16(13)12-7-3-1-4-8-12/h1,3-4,7-8H,2,5-6,9-11H2. The fourth-order valence-electron chi connectivity index (χ4n) is 3.25. The van der Waals surface area contributed by atoms with Crippen molar-refractivity contribution in [1.29, 1.82) is 0 Å². The summed E-state index contributed by atoms with van der Waals surface area (Å²) >= 11 is 0. The second-order valence-electron chi connectivity index (χ2n) is 5.39. The molecule has 1 spiro atoms. The quantitative estimate of drug-likeness (QED) is 0.711. The molecular weight excluding hydrogens is 226 g/mol. The van der Waals surface area contributed by atoms with Crippen LogP contribution >= 0.6 is 0 Å². The number of nitrogens with zero attached hydrogens (tertiary/aromatic N) is 1. The van der Waals surface area contributed by atoms with E-state index < -0.39 is 0 Å². The summed E-state index contributed by atoms with van der Waals surface area (Å²) in [6.07, 6.45) is 5.49. The first-order valence-corrected chi connectivity index (χ1v) is 6.65. The SMILES string of the molecule is O=C1CC2(CCCCC2)C(=O)N1c1ccccc1. The molecule has 0 N–H and O–H groups in total. The lowest BCUT2D eigenvalue weighted by Crippen LogP contribution is -2.36. The Balaban J connectivity index is 1.94. The second-order valence-corrected chi connectivity index (χ2v) is 5.39. The molecular formula is C15H17NO2. The molecule has 94 valence electrons. The molecule has 0 radical (unpaired) electrons. The zero-order valence-corrected chi connectivity index (χ0v) is 10.4. The van der Waals surface area contributed by atoms with E-state index in [-0.39, 0.29) is 17.2 Å². The summed E-state index contributed by atoms with van der Waals surface area (Å²) in [5, 5.41) is 0. The maximum atomic E-state index is 12.6. The van der Waals surface area contributed by atoms with Crippen molar-refractivity contribution in [2.24, 2.45) is 5.41 Å². The van der Waals surface area contributed by atoms with Gasteiger partial charge in [0.2, 0.25) is 11.8 Å². The first-order chi connectivity index (χ1) is 8.73. The Labute approximate surface area is 107 Å². The molecule has 0 aromatic heterocycles. The Morgan fingerprint density at radius 3 is 2.28 bits per heavy atom. The van der Waals surface area contributed by atoms with Crippen LogP contribution in [0.1, 0.15) is 38.5 Å². The van der Waals surface area contributed by atoms with E-state index in [1.165, 1.54) is 11.3 Å². The molecule has 0 atom stereocenters. The zero-order valence-electron chi connectivity index (χ0n) is 10.4. The number of carbonyl (C=O) groups is 2. The van der Waals surface area contributed by atoms with Gasteiger partial charge >= 0.3 is 0 Å². The van der Waals surface area contributed by atoms with Crippen molar-refractivity contribution in [2.45, 2.75) is 38.5 Å².